The van der Waals surface area contributed by atoms with E-state index in [2.05, 4.69) is 26.5 Å². The summed E-state index contributed by atoms with van der Waals surface area (Å²) in [6.07, 6.45) is 1.36. The molecule has 0 aromatic heterocycles. The summed E-state index contributed by atoms with van der Waals surface area (Å²) in [5.74, 6) is 0.112. The average molecular weight is 728 g/mol. The maximum absolute atomic E-state index is 13.6. The second-order valence-electron chi connectivity index (χ2n) is 10.2. The van der Waals surface area contributed by atoms with Crippen molar-refractivity contribution in [3.05, 3.63) is 119 Å². The Morgan fingerprint density at radius 2 is 1.48 bits per heavy atom. The van der Waals surface area contributed by atoms with E-state index in [1.165, 1.54) is 37.6 Å². The lowest BCUT2D eigenvalue weighted by atomic mass is 10.2. The average Bonchev–Trinajstić information content (AvgIpc) is 3.08. The summed E-state index contributed by atoms with van der Waals surface area (Å²) in [4.78, 5) is 13.6. The molecule has 14 heteroatoms. The first-order valence-corrected chi connectivity index (χ1v) is 17.8. The number of hydrogen-bond acceptors (Lipinski definition) is 8. The molecule has 1 aliphatic heterocycles. The summed E-state index contributed by atoms with van der Waals surface area (Å²) in [7, 11) is -6.65. The second kappa shape index (κ2) is 14.6. The van der Waals surface area contributed by atoms with E-state index in [-0.39, 0.29) is 22.9 Å². The zero-order valence-corrected chi connectivity index (χ0v) is 27.9. The van der Waals surface area contributed by atoms with Crippen LogP contribution in [-0.4, -0.2) is 70.4 Å². The first-order chi connectivity index (χ1) is 22.1. The van der Waals surface area contributed by atoms with E-state index in [1.54, 1.807) is 48.5 Å². The normalized spacial score (nSPS) is 16.3. The van der Waals surface area contributed by atoms with Gasteiger partial charge in [0.15, 0.2) is 11.5 Å². The first-order valence-electron chi connectivity index (χ1n) is 14.1. The Morgan fingerprint density at radius 3 is 2.09 bits per heavy atom. The van der Waals surface area contributed by atoms with Gasteiger partial charge in [0.1, 0.15) is 12.6 Å². The highest BCUT2D eigenvalue weighted by Crippen LogP contribution is 2.37. The van der Waals surface area contributed by atoms with Crippen LogP contribution >= 0.6 is 15.9 Å². The summed E-state index contributed by atoms with van der Waals surface area (Å²) < 4.78 is 68.2. The smallest absolute Gasteiger partial charge is 0.259 e. The minimum atomic E-state index is -4.15. The molecule has 5 rings (SSSR count). The molecule has 240 valence electrons. The fraction of sp³-hybridized carbons (Fsp3) is 0.188. The van der Waals surface area contributed by atoms with E-state index in [0.717, 1.165) is 14.2 Å². The summed E-state index contributed by atoms with van der Waals surface area (Å²) in [5, 5.41) is 4.06. The molecule has 46 heavy (non-hydrogen) atoms. The molecule has 1 N–H and O–H groups in total. The number of halogens is 1. The van der Waals surface area contributed by atoms with Gasteiger partial charge in [-0.1, -0.05) is 66.7 Å². The number of carbonyl (C=O) groups excluding carboxylic acids is 1. The number of hydrogen-bond donors (Lipinski definition) is 1. The van der Waals surface area contributed by atoms with Gasteiger partial charge < -0.3 is 9.47 Å². The van der Waals surface area contributed by atoms with Crippen LogP contribution in [-0.2, 0) is 31.4 Å². The van der Waals surface area contributed by atoms with Gasteiger partial charge in [0.2, 0.25) is 20.0 Å². The SMILES string of the molecule is COc1cc(/C=N\NC(=O)[C@H]2CN(S(=O)(=O)c3ccccc3)CCN2S(=O)(=O)c2ccccc2)cc(Br)c1OCc1ccccc1. The van der Waals surface area contributed by atoms with Gasteiger partial charge in [-0.15, -0.1) is 0 Å². The Bertz CT molecular complexity index is 1910. The molecule has 11 nitrogen and oxygen atoms in total. The van der Waals surface area contributed by atoms with Gasteiger partial charge >= 0.3 is 0 Å². The van der Waals surface area contributed by atoms with E-state index in [9.17, 15) is 21.6 Å². The quantitative estimate of drug-likeness (QED) is 0.180. The molecule has 4 aromatic rings. The number of nitrogens with zero attached hydrogens (tertiary/aromatic N) is 3. The van der Waals surface area contributed by atoms with Gasteiger partial charge in [-0.3, -0.25) is 4.79 Å². The zero-order valence-electron chi connectivity index (χ0n) is 24.7. The number of methoxy groups -OCH3 is 1. The van der Waals surface area contributed by atoms with Crippen molar-refractivity contribution in [2.24, 2.45) is 5.10 Å². The van der Waals surface area contributed by atoms with E-state index < -0.39 is 38.5 Å². The van der Waals surface area contributed by atoms with Crippen LogP contribution < -0.4 is 14.9 Å². The monoisotopic (exact) mass is 726 g/mol. The Morgan fingerprint density at radius 1 is 0.891 bits per heavy atom. The van der Waals surface area contributed by atoms with Crippen LogP contribution in [0.25, 0.3) is 0 Å². The number of sulfonamides is 2. The number of rotatable bonds is 11. The van der Waals surface area contributed by atoms with Crippen LogP contribution in [0.3, 0.4) is 0 Å². The molecule has 1 amide bonds. The lowest BCUT2D eigenvalue weighted by molar-refractivity contribution is -0.125. The van der Waals surface area contributed by atoms with Crippen molar-refractivity contribution in [1.29, 1.82) is 0 Å². The van der Waals surface area contributed by atoms with Crippen molar-refractivity contribution < 1.29 is 31.1 Å². The molecule has 0 saturated carbocycles. The van der Waals surface area contributed by atoms with Crippen molar-refractivity contribution >= 4 is 48.1 Å². The molecule has 0 radical (unpaired) electrons. The predicted octanol–water partition coefficient (Wildman–Crippen LogP) is 4.25. The Kier molecular flexibility index (Phi) is 10.5. The predicted molar refractivity (Wildman–Crippen MR) is 177 cm³/mol. The topological polar surface area (TPSA) is 135 Å². The summed E-state index contributed by atoms with van der Waals surface area (Å²) in [5.41, 5.74) is 3.92. The van der Waals surface area contributed by atoms with Crippen molar-refractivity contribution in [3.63, 3.8) is 0 Å². The molecule has 4 aromatic carbocycles. The van der Waals surface area contributed by atoms with Crippen LogP contribution in [0.4, 0.5) is 0 Å². The number of nitrogens with one attached hydrogen (secondary N) is 1. The van der Waals surface area contributed by atoms with Crippen LogP contribution in [0, 0.1) is 0 Å². The number of amides is 1. The van der Waals surface area contributed by atoms with E-state index in [0.29, 0.717) is 28.1 Å². The third kappa shape index (κ3) is 7.48. The van der Waals surface area contributed by atoms with Crippen molar-refractivity contribution in [1.82, 2.24) is 14.0 Å². The van der Waals surface area contributed by atoms with Crippen molar-refractivity contribution in [2.45, 2.75) is 22.4 Å². The molecular weight excluding hydrogens is 696 g/mol. The Balaban J connectivity index is 1.36. The number of carbonyl (C=O) groups is 1. The minimum absolute atomic E-state index is 0.0119. The van der Waals surface area contributed by atoms with Crippen LogP contribution in [0.1, 0.15) is 11.1 Å². The fourth-order valence-electron chi connectivity index (χ4n) is 4.86. The van der Waals surface area contributed by atoms with E-state index in [1.807, 2.05) is 30.3 Å². The first kappa shape index (κ1) is 33.3. The molecule has 0 unspecified atom stereocenters. The van der Waals surface area contributed by atoms with Gasteiger partial charge in [0.25, 0.3) is 5.91 Å². The maximum Gasteiger partial charge on any atom is 0.259 e. The number of hydrazone groups is 1. The molecule has 1 atom stereocenters. The minimum Gasteiger partial charge on any atom is -0.493 e. The van der Waals surface area contributed by atoms with Crippen LogP contribution in [0.2, 0.25) is 0 Å². The lowest BCUT2D eigenvalue weighted by Crippen LogP contribution is -2.60. The van der Waals surface area contributed by atoms with E-state index >= 15 is 0 Å². The van der Waals surface area contributed by atoms with Crippen molar-refractivity contribution in [3.8, 4) is 11.5 Å². The zero-order chi connectivity index (χ0) is 32.7. The van der Waals surface area contributed by atoms with Crippen LogP contribution in [0.5, 0.6) is 11.5 Å². The molecule has 1 aliphatic rings. The third-order valence-electron chi connectivity index (χ3n) is 7.19. The standard InChI is InChI=1S/C32H31BrN4O7S2/c1-43-30-20-25(19-28(33)31(30)44-23-24-11-5-2-6-12-24)21-34-35-32(38)29-22-36(45(39,40)26-13-7-3-8-14-26)17-18-37(29)46(41,42)27-15-9-4-10-16-27/h2-16,19-21,29H,17-18,22-23H2,1H3,(H,35,38)/b34-21-/t29-/m1/s1. The molecule has 0 bridgehead atoms. The molecule has 1 fully saturated rings. The summed E-state index contributed by atoms with van der Waals surface area (Å²) in [6.45, 7) is -0.458. The number of ether oxygens (including phenoxy) is 2. The highest BCUT2D eigenvalue weighted by atomic mass is 79.9. The maximum atomic E-state index is 13.6. The third-order valence-corrected chi connectivity index (χ3v) is 11.6. The van der Waals surface area contributed by atoms with Crippen LogP contribution in [0.15, 0.2) is 122 Å². The number of piperazine rings is 1. The molecule has 0 aliphatic carbocycles. The van der Waals surface area contributed by atoms with Gasteiger partial charge in [-0.25, -0.2) is 22.3 Å². The molecular formula is C32H31BrN4O7S2. The van der Waals surface area contributed by atoms with Gasteiger partial charge in [0, 0.05) is 19.6 Å². The molecule has 0 spiro atoms. The van der Waals surface area contributed by atoms with Crippen molar-refractivity contribution in [2.75, 3.05) is 26.7 Å². The summed E-state index contributed by atoms with van der Waals surface area (Å²) >= 11 is 3.50. The summed E-state index contributed by atoms with van der Waals surface area (Å²) in [6, 6.07) is 27.1. The van der Waals surface area contributed by atoms with Gasteiger partial charge in [-0.05, 0) is 63.5 Å². The van der Waals surface area contributed by atoms with Gasteiger partial charge in [0.05, 0.1) is 27.6 Å². The lowest BCUT2D eigenvalue weighted by Gasteiger charge is -2.38. The Hall–Kier alpha value is -4.08. The Labute approximate surface area is 276 Å². The van der Waals surface area contributed by atoms with Gasteiger partial charge in [-0.2, -0.15) is 13.7 Å². The highest BCUT2D eigenvalue weighted by Gasteiger charge is 2.43. The molecule has 1 heterocycles. The fourth-order valence-corrected chi connectivity index (χ4v) is 8.48. The molecule has 1 saturated heterocycles. The largest absolute Gasteiger partial charge is 0.493 e. The second-order valence-corrected chi connectivity index (χ2v) is 14.8. The highest BCUT2D eigenvalue weighted by molar-refractivity contribution is 9.10. The number of benzene rings is 4. The van der Waals surface area contributed by atoms with E-state index in [4.69, 9.17) is 9.47 Å².